The topological polar surface area (TPSA) is 9.23 Å². The Balaban J connectivity index is 0. The van der Waals surface area contributed by atoms with Crippen LogP contribution in [0.2, 0.25) is 13.1 Å². The van der Waals surface area contributed by atoms with Gasteiger partial charge in [0, 0.05) is 0 Å². The Morgan fingerprint density at radius 1 is 1.17 bits per heavy atom. The van der Waals surface area contributed by atoms with Crippen LogP contribution in [0.1, 0.15) is 40.5 Å². The minimum Gasteiger partial charge on any atom is -1.00 e. The minimum atomic E-state index is -1.82. The van der Waals surface area contributed by atoms with E-state index >= 15 is 0 Å². The quantitative estimate of drug-likeness (QED) is 0.429. The molecule has 0 aliphatic heterocycles. The van der Waals surface area contributed by atoms with E-state index in [4.69, 9.17) is 4.74 Å². The molecule has 2 rings (SSSR count). The third-order valence-electron chi connectivity index (χ3n) is 4.38. The van der Waals surface area contributed by atoms with Gasteiger partial charge in [-0.25, -0.2) is 11.3 Å². The Kier molecular flexibility index (Phi) is 10.3. The second kappa shape index (κ2) is 9.22. The first-order chi connectivity index (χ1) is 9.19. The van der Waals surface area contributed by atoms with Gasteiger partial charge in [0.1, 0.15) is 0 Å². The fourth-order valence-electron chi connectivity index (χ4n) is 3.31. The number of rotatable bonds is 3. The van der Waals surface area contributed by atoms with Crippen LogP contribution < -0.4 is 24.8 Å². The molecular formula is C18H27Cl2OSiTi. The maximum atomic E-state index is 6.70. The van der Waals surface area contributed by atoms with Crippen molar-refractivity contribution in [3.8, 4) is 0 Å². The molecule has 127 valence electrons. The molecule has 1 nitrogen and oxygen atoms in total. The van der Waals surface area contributed by atoms with Gasteiger partial charge in [-0.3, -0.25) is 6.08 Å². The molecule has 1 atom stereocenters. The second-order valence-electron chi connectivity index (χ2n) is 7.35. The molecule has 0 amide bonds. The van der Waals surface area contributed by atoms with Crippen LogP contribution in [0.4, 0.5) is 0 Å². The van der Waals surface area contributed by atoms with Crippen LogP contribution in [0.3, 0.4) is 0 Å². The zero-order valence-electron chi connectivity index (χ0n) is 15.0. The van der Waals surface area contributed by atoms with Crippen LogP contribution in [0, 0.1) is 6.08 Å². The molecule has 0 aromatic heterocycles. The zero-order valence-corrected chi connectivity index (χ0v) is 19.0. The van der Waals surface area contributed by atoms with Crippen molar-refractivity contribution in [2.75, 3.05) is 0 Å². The van der Waals surface area contributed by atoms with Crippen molar-refractivity contribution in [3.05, 3.63) is 47.2 Å². The van der Waals surface area contributed by atoms with Crippen LogP contribution >= 0.6 is 0 Å². The third kappa shape index (κ3) is 5.20. The summed E-state index contributed by atoms with van der Waals surface area (Å²) >= 11 is 0. The number of ether oxygens (including phenoxy) is 1. The van der Waals surface area contributed by atoms with E-state index in [1.54, 1.807) is 0 Å². The Bertz CT molecular complexity index is 516. The largest absolute Gasteiger partial charge is 3.00 e. The number of allylic oxidation sites excluding steroid dienone is 6. The molecule has 2 aliphatic carbocycles. The van der Waals surface area contributed by atoms with Crippen molar-refractivity contribution in [2.24, 2.45) is 0 Å². The smallest absolute Gasteiger partial charge is 1.00 e. The van der Waals surface area contributed by atoms with E-state index in [1.807, 2.05) is 0 Å². The molecule has 1 unspecified atom stereocenters. The molecule has 0 heterocycles. The van der Waals surface area contributed by atoms with Crippen molar-refractivity contribution >= 4 is 8.07 Å². The first-order valence-corrected chi connectivity index (χ1v) is 10.5. The molecule has 5 heteroatoms. The normalized spacial score (nSPS) is 23.2. The molecule has 2 aliphatic rings. The van der Waals surface area contributed by atoms with Crippen LogP contribution in [-0.4, -0.2) is 18.9 Å². The SMILES string of the molecule is CC1=CC=CCC1(OC(C)(C)C)[Si](C)(C)C1=[C-]CC=C1.[Cl-].[Cl-].[Ti+3]. The summed E-state index contributed by atoms with van der Waals surface area (Å²) in [4.78, 5) is 0. The number of hydrogen-bond donors (Lipinski definition) is 0. The predicted octanol–water partition coefficient (Wildman–Crippen LogP) is -1.07. The number of halogens is 2. The first kappa shape index (κ1) is 25.7. The Morgan fingerprint density at radius 2 is 1.78 bits per heavy atom. The van der Waals surface area contributed by atoms with Gasteiger partial charge >= 0.3 is 21.7 Å². The van der Waals surface area contributed by atoms with E-state index in [2.05, 4.69) is 77.2 Å². The molecule has 0 fully saturated rings. The Morgan fingerprint density at radius 3 is 2.22 bits per heavy atom. The molecule has 23 heavy (non-hydrogen) atoms. The van der Waals surface area contributed by atoms with Gasteiger partial charge in [-0.15, -0.1) is 6.42 Å². The van der Waals surface area contributed by atoms with Crippen molar-refractivity contribution < 1.29 is 51.3 Å². The maximum Gasteiger partial charge on any atom is 3.00 e. The molecule has 0 spiro atoms. The fourth-order valence-corrected chi connectivity index (χ4v) is 7.09. The van der Waals surface area contributed by atoms with Gasteiger partial charge in [-0.2, -0.15) is 6.08 Å². The van der Waals surface area contributed by atoms with Gasteiger partial charge < -0.3 is 29.6 Å². The summed E-state index contributed by atoms with van der Waals surface area (Å²) in [6, 6.07) is 0. The van der Waals surface area contributed by atoms with Crippen LogP contribution in [-0.2, 0) is 26.5 Å². The fraction of sp³-hybridized carbons (Fsp3) is 0.556. The van der Waals surface area contributed by atoms with Crippen molar-refractivity contribution in [1.29, 1.82) is 0 Å². The maximum absolute atomic E-state index is 6.70. The van der Waals surface area contributed by atoms with Gasteiger partial charge in [0.15, 0.2) is 0 Å². The van der Waals surface area contributed by atoms with Crippen molar-refractivity contribution in [2.45, 2.75) is 64.5 Å². The monoisotopic (exact) mass is 405 g/mol. The van der Waals surface area contributed by atoms with E-state index in [1.165, 1.54) is 10.8 Å². The molecule has 0 saturated carbocycles. The van der Waals surface area contributed by atoms with Gasteiger partial charge in [0.2, 0.25) is 0 Å². The summed E-state index contributed by atoms with van der Waals surface area (Å²) in [5.41, 5.74) is 1.22. The molecule has 0 bridgehead atoms. The molecule has 1 radical (unpaired) electrons. The van der Waals surface area contributed by atoms with E-state index in [9.17, 15) is 0 Å². The predicted molar refractivity (Wildman–Crippen MR) is 89.1 cm³/mol. The van der Waals surface area contributed by atoms with Crippen LogP contribution in [0.25, 0.3) is 0 Å². The standard InChI is InChI=1S/C18H27OSi.2ClH.Ti/c1-15-11-9-10-14-18(15,19-17(2,3)4)20(5,6)16-12-7-8-13-16;;;/h7,9-12H,8,14H2,1-6H3;2*1H;/q-1;;;+3/p-2. The van der Waals surface area contributed by atoms with Gasteiger partial charge in [0.25, 0.3) is 0 Å². The summed E-state index contributed by atoms with van der Waals surface area (Å²) in [5.74, 6) is 0. The summed E-state index contributed by atoms with van der Waals surface area (Å²) in [6.07, 6.45) is 16.6. The van der Waals surface area contributed by atoms with Gasteiger partial charge in [-0.1, -0.05) is 31.3 Å². The summed E-state index contributed by atoms with van der Waals surface area (Å²) in [5, 5.41) is 1.25. The van der Waals surface area contributed by atoms with E-state index in [0.717, 1.165) is 12.8 Å². The Labute approximate surface area is 170 Å². The second-order valence-corrected chi connectivity index (χ2v) is 11.9. The van der Waals surface area contributed by atoms with E-state index in [-0.39, 0.29) is 57.4 Å². The van der Waals surface area contributed by atoms with Gasteiger partial charge in [-0.05, 0) is 39.7 Å². The average Bonchev–Trinajstić information content (AvgIpc) is 2.84. The van der Waals surface area contributed by atoms with Crippen molar-refractivity contribution in [1.82, 2.24) is 0 Å². The van der Waals surface area contributed by atoms with E-state index in [0.29, 0.717) is 0 Å². The van der Waals surface area contributed by atoms with Gasteiger partial charge in [0.05, 0.1) is 18.9 Å². The Hall–Kier alpha value is 0.431. The molecule has 0 aromatic rings. The number of hydrogen-bond acceptors (Lipinski definition) is 1. The van der Waals surface area contributed by atoms with Crippen molar-refractivity contribution in [3.63, 3.8) is 0 Å². The molecule has 0 saturated heterocycles. The third-order valence-corrected chi connectivity index (χ3v) is 8.79. The van der Waals surface area contributed by atoms with E-state index < -0.39 is 8.07 Å². The van der Waals surface area contributed by atoms with Crippen LogP contribution in [0.15, 0.2) is 41.1 Å². The molecule has 0 N–H and O–H groups in total. The average molecular weight is 406 g/mol. The summed E-state index contributed by atoms with van der Waals surface area (Å²) in [7, 11) is -1.82. The summed E-state index contributed by atoms with van der Waals surface area (Å²) < 4.78 is 6.70. The minimum absolute atomic E-state index is 0. The molecular weight excluding hydrogens is 379 g/mol. The first-order valence-electron chi connectivity index (χ1n) is 7.51. The van der Waals surface area contributed by atoms with Crippen LogP contribution in [0.5, 0.6) is 0 Å². The summed E-state index contributed by atoms with van der Waals surface area (Å²) in [6.45, 7) is 13.6. The zero-order chi connectivity index (χ0) is 15.0. The molecule has 0 aromatic carbocycles.